The van der Waals surface area contributed by atoms with E-state index in [0.29, 0.717) is 6.10 Å². The third kappa shape index (κ3) is 4.62. The van der Waals surface area contributed by atoms with Crippen molar-refractivity contribution in [2.45, 2.75) is 37.6 Å². The van der Waals surface area contributed by atoms with E-state index in [-0.39, 0.29) is 12.1 Å². The first-order chi connectivity index (χ1) is 15.3. The highest BCUT2D eigenvalue weighted by Gasteiger charge is 2.41. The topological polar surface area (TPSA) is 54.8 Å². The first-order valence-corrected chi connectivity index (χ1v) is 11.8. The lowest BCUT2D eigenvalue weighted by molar-refractivity contribution is 0.0349. The number of ether oxygens (including phenoxy) is 2. The lowest BCUT2D eigenvalue weighted by Gasteiger charge is -2.32. The number of rotatable bonds is 7. The molecule has 8 heteroatoms. The first-order valence-electron chi connectivity index (χ1n) is 11.3. The van der Waals surface area contributed by atoms with Gasteiger partial charge in [0.25, 0.3) is 0 Å². The second-order valence-electron chi connectivity index (χ2n) is 8.49. The standard InChI is InChI=1S/C23H31N5O2S/c31-23-25-21(19-6-1-2-8-24-19)22(28(23)11-10-26-12-15-29-16-13-26)20-7-3-9-27(20)17-18-5-4-14-30-18/h1-3,6-9,18,21-22H,4-5,10-17H2,(H,25,31)/t18-,21+,22+/m0/s1. The minimum absolute atomic E-state index is 0.0246. The van der Waals surface area contributed by atoms with Crippen LogP contribution in [0, 0.1) is 0 Å². The molecule has 3 atom stereocenters. The van der Waals surface area contributed by atoms with E-state index in [9.17, 15) is 0 Å². The summed E-state index contributed by atoms with van der Waals surface area (Å²) in [6, 6.07) is 10.6. The van der Waals surface area contributed by atoms with E-state index in [4.69, 9.17) is 21.7 Å². The van der Waals surface area contributed by atoms with Gasteiger partial charge in [-0.3, -0.25) is 9.88 Å². The van der Waals surface area contributed by atoms with E-state index in [2.05, 4.69) is 49.1 Å². The van der Waals surface area contributed by atoms with Crippen LogP contribution in [0.15, 0.2) is 42.7 Å². The quantitative estimate of drug-likeness (QED) is 0.662. The predicted molar refractivity (Wildman–Crippen MR) is 123 cm³/mol. The maximum absolute atomic E-state index is 5.92. The highest BCUT2D eigenvalue weighted by atomic mass is 32.1. The van der Waals surface area contributed by atoms with Crippen LogP contribution in [-0.2, 0) is 16.0 Å². The summed E-state index contributed by atoms with van der Waals surface area (Å²) in [6.45, 7) is 7.21. The Hall–Kier alpha value is -2.00. The average Bonchev–Trinajstić information content (AvgIpc) is 3.55. The zero-order valence-electron chi connectivity index (χ0n) is 17.9. The zero-order valence-corrected chi connectivity index (χ0v) is 18.7. The molecule has 31 heavy (non-hydrogen) atoms. The van der Waals surface area contributed by atoms with E-state index in [1.165, 1.54) is 5.69 Å². The van der Waals surface area contributed by atoms with Crippen molar-refractivity contribution < 1.29 is 9.47 Å². The van der Waals surface area contributed by atoms with Gasteiger partial charge in [0, 0.05) is 57.4 Å². The summed E-state index contributed by atoms with van der Waals surface area (Å²) < 4.78 is 13.8. The number of thiocarbonyl (C=S) groups is 1. The smallest absolute Gasteiger partial charge is 0.170 e. The third-order valence-corrected chi connectivity index (χ3v) is 6.90. The summed E-state index contributed by atoms with van der Waals surface area (Å²) in [5, 5.41) is 4.38. The van der Waals surface area contributed by atoms with Crippen molar-refractivity contribution in [1.82, 2.24) is 24.7 Å². The molecule has 0 spiro atoms. The molecule has 1 N–H and O–H groups in total. The Morgan fingerprint density at radius 2 is 2.00 bits per heavy atom. The lowest BCUT2D eigenvalue weighted by Crippen LogP contribution is -2.43. The van der Waals surface area contributed by atoms with Crippen LogP contribution in [0.25, 0.3) is 0 Å². The Labute approximate surface area is 189 Å². The van der Waals surface area contributed by atoms with Crippen molar-refractivity contribution in [2.24, 2.45) is 0 Å². The number of aromatic nitrogens is 2. The number of hydrogen-bond donors (Lipinski definition) is 1. The molecule has 7 nitrogen and oxygen atoms in total. The Morgan fingerprint density at radius 1 is 1.10 bits per heavy atom. The molecule has 0 aliphatic carbocycles. The Morgan fingerprint density at radius 3 is 2.77 bits per heavy atom. The summed E-state index contributed by atoms with van der Waals surface area (Å²) in [7, 11) is 0. The van der Waals surface area contributed by atoms with Gasteiger partial charge in [0.05, 0.1) is 37.1 Å². The second-order valence-corrected chi connectivity index (χ2v) is 8.88. The number of hydrogen-bond acceptors (Lipinski definition) is 5. The normalized spacial score (nSPS) is 27.0. The molecule has 3 saturated heterocycles. The summed E-state index contributed by atoms with van der Waals surface area (Å²) in [5.41, 5.74) is 2.29. The molecule has 2 aromatic heterocycles. The van der Waals surface area contributed by atoms with Crippen LogP contribution in [0.5, 0.6) is 0 Å². The minimum atomic E-state index is 0.0246. The molecule has 2 aromatic rings. The molecule has 3 aliphatic heterocycles. The summed E-state index contributed by atoms with van der Waals surface area (Å²) in [4.78, 5) is 9.48. The van der Waals surface area contributed by atoms with Gasteiger partial charge >= 0.3 is 0 Å². The fraction of sp³-hybridized carbons (Fsp3) is 0.565. The molecule has 5 heterocycles. The molecule has 0 aromatic carbocycles. The average molecular weight is 442 g/mol. The summed E-state index contributed by atoms with van der Waals surface area (Å²) in [6.07, 6.45) is 6.61. The molecule has 3 aliphatic rings. The molecule has 3 fully saturated rings. The molecule has 0 amide bonds. The van der Waals surface area contributed by atoms with Gasteiger partial charge in [-0.1, -0.05) is 6.07 Å². The van der Waals surface area contributed by atoms with Crippen molar-refractivity contribution in [1.29, 1.82) is 0 Å². The van der Waals surface area contributed by atoms with Crippen molar-refractivity contribution in [3.8, 4) is 0 Å². The van der Waals surface area contributed by atoms with Gasteiger partial charge in [-0.25, -0.2) is 0 Å². The SMILES string of the molecule is S=C1N[C@H](c2ccccn2)[C@@H](c2cccn2C[C@@H]2CCCO2)N1CCN1CCOCC1. The number of nitrogens with zero attached hydrogens (tertiary/aromatic N) is 4. The maximum atomic E-state index is 5.92. The molecule has 0 bridgehead atoms. The first kappa shape index (κ1) is 20.9. The minimum Gasteiger partial charge on any atom is -0.379 e. The van der Waals surface area contributed by atoms with Crippen molar-refractivity contribution >= 4 is 17.3 Å². The zero-order chi connectivity index (χ0) is 21.0. The molecule has 0 radical (unpaired) electrons. The Balaban J connectivity index is 1.41. The number of nitrogens with one attached hydrogen (secondary N) is 1. The van der Waals surface area contributed by atoms with Gasteiger partial charge in [-0.2, -0.15) is 0 Å². The van der Waals surface area contributed by atoms with Crippen LogP contribution in [-0.4, -0.2) is 76.6 Å². The molecule has 5 rings (SSSR count). The highest BCUT2D eigenvalue weighted by Crippen LogP contribution is 2.38. The van der Waals surface area contributed by atoms with Crippen molar-refractivity contribution in [3.05, 3.63) is 54.1 Å². The maximum Gasteiger partial charge on any atom is 0.170 e. The number of pyridine rings is 1. The van der Waals surface area contributed by atoms with Crippen LogP contribution in [0.3, 0.4) is 0 Å². The van der Waals surface area contributed by atoms with Crippen LogP contribution >= 0.6 is 12.2 Å². The molecular formula is C23H31N5O2S. The lowest BCUT2D eigenvalue weighted by atomic mass is 10.0. The largest absolute Gasteiger partial charge is 0.379 e. The monoisotopic (exact) mass is 441 g/mol. The summed E-state index contributed by atoms with van der Waals surface area (Å²) in [5.74, 6) is 0. The predicted octanol–water partition coefficient (Wildman–Crippen LogP) is 2.37. The second kappa shape index (κ2) is 9.65. The van der Waals surface area contributed by atoms with Gasteiger partial charge in [0.1, 0.15) is 0 Å². The van der Waals surface area contributed by atoms with Crippen LogP contribution in [0.2, 0.25) is 0 Å². The van der Waals surface area contributed by atoms with E-state index in [1.807, 2.05) is 18.3 Å². The fourth-order valence-corrected chi connectivity index (χ4v) is 5.24. The number of morpholine rings is 1. The van der Waals surface area contributed by atoms with E-state index < -0.39 is 0 Å². The van der Waals surface area contributed by atoms with Crippen LogP contribution < -0.4 is 5.32 Å². The molecule has 0 unspecified atom stereocenters. The molecule has 0 saturated carbocycles. The van der Waals surface area contributed by atoms with Gasteiger partial charge in [-0.15, -0.1) is 0 Å². The van der Waals surface area contributed by atoms with Gasteiger partial charge in [-0.05, 0) is 49.3 Å². The summed E-state index contributed by atoms with van der Waals surface area (Å²) >= 11 is 5.83. The van der Waals surface area contributed by atoms with Crippen LogP contribution in [0.4, 0.5) is 0 Å². The van der Waals surface area contributed by atoms with Gasteiger partial charge < -0.3 is 24.3 Å². The van der Waals surface area contributed by atoms with Gasteiger partial charge in [0.2, 0.25) is 0 Å². The van der Waals surface area contributed by atoms with Crippen molar-refractivity contribution in [2.75, 3.05) is 46.0 Å². The Bertz CT molecular complexity index is 864. The third-order valence-electron chi connectivity index (χ3n) is 6.55. The van der Waals surface area contributed by atoms with Crippen molar-refractivity contribution in [3.63, 3.8) is 0 Å². The van der Waals surface area contributed by atoms with Crippen LogP contribution in [0.1, 0.15) is 36.3 Å². The molecular weight excluding hydrogens is 410 g/mol. The van der Waals surface area contributed by atoms with E-state index >= 15 is 0 Å². The molecule has 166 valence electrons. The van der Waals surface area contributed by atoms with E-state index in [0.717, 1.165) is 76.2 Å². The van der Waals surface area contributed by atoms with Gasteiger partial charge in [0.15, 0.2) is 5.11 Å². The van der Waals surface area contributed by atoms with E-state index in [1.54, 1.807) is 0 Å². The Kier molecular flexibility index (Phi) is 6.50. The highest BCUT2D eigenvalue weighted by molar-refractivity contribution is 7.80. The fourth-order valence-electron chi connectivity index (χ4n) is 4.91.